The number of furan rings is 1. The molecule has 1 N–H and O–H groups in total. The molecule has 0 radical (unpaired) electrons. The van der Waals surface area contributed by atoms with E-state index >= 15 is 0 Å². The molecule has 0 saturated heterocycles. The van der Waals surface area contributed by atoms with E-state index in [0.29, 0.717) is 58.1 Å². The number of allylic oxidation sites excluding steroid dienone is 4. The van der Waals surface area contributed by atoms with Gasteiger partial charge >= 0.3 is 0 Å². The van der Waals surface area contributed by atoms with Gasteiger partial charge in [-0.05, 0) is 53.6 Å². The molecule has 0 aliphatic heterocycles. The molecule has 7 aromatic carbocycles. The summed E-state index contributed by atoms with van der Waals surface area (Å²) < 4.78 is 6.50. The highest BCUT2D eigenvalue weighted by Crippen LogP contribution is 2.39. The molecular weight excluding hydrogens is 777 g/mol. The first-order chi connectivity index (χ1) is 31.1. The Morgan fingerprint density at radius 2 is 0.873 bits per heavy atom. The Morgan fingerprint density at radius 1 is 0.413 bits per heavy atom. The Morgan fingerprint density at radius 3 is 1.40 bits per heavy atom. The van der Waals surface area contributed by atoms with Gasteiger partial charge in [-0.15, -0.1) is 0 Å². The van der Waals surface area contributed by atoms with Crippen LogP contribution < -0.4 is 0 Å². The molecule has 0 atom stereocenters. The fourth-order valence-corrected chi connectivity index (χ4v) is 7.81. The second-order valence-electron chi connectivity index (χ2n) is 15.0. The van der Waals surface area contributed by atoms with Gasteiger partial charge in [0.15, 0.2) is 34.9 Å². The van der Waals surface area contributed by atoms with Crippen LogP contribution in [-0.4, -0.2) is 35.0 Å². The van der Waals surface area contributed by atoms with Crippen LogP contribution in [0.15, 0.2) is 192 Å². The molecule has 1 aliphatic rings. The molecule has 0 fully saturated rings. The smallest absolute Gasteiger partial charge is 0.164 e. The molecule has 0 bridgehead atoms. The number of aromatic nitrogens is 6. The first-order valence-electron chi connectivity index (χ1n) is 20.6. The molecule has 8 nitrogen and oxygen atoms in total. The van der Waals surface area contributed by atoms with Gasteiger partial charge in [-0.2, -0.15) is 0 Å². The summed E-state index contributed by atoms with van der Waals surface area (Å²) in [5.74, 6) is 10.1. The maximum atomic E-state index is 11.5. The highest BCUT2D eigenvalue weighted by molar-refractivity contribution is 6.10. The van der Waals surface area contributed by atoms with Gasteiger partial charge in [-0.3, -0.25) is 0 Å². The van der Waals surface area contributed by atoms with E-state index in [2.05, 4.69) is 30.0 Å². The molecule has 3 aromatic heterocycles. The Balaban J connectivity index is 1.00. The molecule has 1 aliphatic carbocycles. The average Bonchev–Trinajstić information content (AvgIpc) is 3.54. The Kier molecular flexibility index (Phi) is 9.45. The number of phenolic OH excluding ortho intramolecular Hbond substituents is 1. The predicted molar refractivity (Wildman–Crippen MR) is 250 cm³/mol. The lowest BCUT2D eigenvalue weighted by molar-refractivity contribution is 0.474. The number of nitrogens with zero attached hydrogens (tertiary/aromatic N) is 6. The topological polar surface area (TPSA) is 111 Å². The van der Waals surface area contributed by atoms with E-state index in [1.165, 1.54) is 0 Å². The third-order valence-corrected chi connectivity index (χ3v) is 11.0. The van der Waals surface area contributed by atoms with Crippen LogP contribution in [0.5, 0.6) is 5.75 Å². The van der Waals surface area contributed by atoms with Crippen molar-refractivity contribution in [2.45, 2.75) is 6.42 Å². The Labute approximate surface area is 362 Å². The predicted octanol–water partition coefficient (Wildman–Crippen LogP) is 12.5. The standard InChI is InChI=1S/C55H34N6O2/c62-47-30-27-40(54-58-50(35-16-6-1-7-17-35)56-51(59-54)36-18-8-2-9-19-36)33-45(47)43-25-15-5-14-24-42(43)39-28-31-48-46(32-39)44-29-26-41(34-49(44)63-48)55-60-52(37-20-10-3-11-21-37)57-53(61-55)38-22-12-4-13-23-38/h1-4,6-14,16-24,26-34,62H,5H2. The van der Waals surface area contributed by atoms with Gasteiger partial charge in [0.05, 0.1) is 0 Å². The second-order valence-corrected chi connectivity index (χ2v) is 15.0. The summed E-state index contributed by atoms with van der Waals surface area (Å²) in [6.45, 7) is 0. The molecule has 10 aromatic rings. The lowest BCUT2D eigenvalue weighted by Crippen LogP contribution is -2.00. The van der Waals surface area contributed by atoms with Crippen molar-refractivity contribution in [2.24, 2.45) is 0 Å². The van der Waals surface area contributed by atoms with E-state index in [9.17, 15) is 5.11 Å². The van der Waals surface area contributed by atoms with Crippen molar-refractivity contribution >= 4 is 33.1 Å². The summed E-state index contributed by atoms with van der Waals surface area (Å²) in [4.78, 5) is 29.4. The summed E-state index contributed by atoms with van der Waals surface area (Å²) >= 11 is 0. The molecule has 3 heterocycles. The third kappa shape index (κ3) is 7.30. The fraction of sp³-hybridized carbons (Fsp3) is 0.0182. The minimum Gasteiger partial charge on any atom is -0.507 e. The second kappa shape index (κ2) is 16.0. The first kappa shape index (κ1) is 37.2. The van der Waals surface area contributed by atoms with Crippen molar-refractivity contribution in [3.63, 3.8) is 0 Å². The summed E-state index contributed by atoms with van der Waals surface area (Å²) in [7, 11) is 0. The zero-order chi connectivity index (χ0) is 42.1. The number of hydrogen-bond donors (Lipinski definition) is 1. The van der Waals surface area contributed by atoms with Crippen LogP contribution >= 0.6 is 0 Å². The van der Waals surface area contributed by atoms with Crippen LogP contribution in [0.25, 0.3) is 101 Å². The van der Waals surface area contributed by atoms with E-state index in [0.717, 1.165) is 60.9 Å². The summed E-state index contributed by atoms with van der Waals surface area (Å²) in [5, 5.41) is 13.4. The number of phenols is 1. The Bertz CT molecular complexity index is 3370. The molecule has 0 amide bonds. The van der Waals surface area contributed by atoms with Crippen LogP contribution in [0.3, 0.4) is 0 Å². The third-order valence-electron chi connectivity index (χ3n) is 11.0. The molecule has 296 valence electrons. The van der Waals surface area contributed by atoms with Crippen molar-refractivity contribution in [1.82, 2.24) is 29.9 Å². The number of aromatic hydroxyl groups is 1. The lowest BCUT2D eigenvalue weighted by atomic mass is 9.92. The van der Waals surface area contributed by atoms with Gasteiger partial charge in [0.2, 0.25) is 0 Å². The van der Waals surface area contributed by atoms with Crippen LogP contribution in [0.4, 0.5) is 0 Å². The van der Waals surface area contributed by atoms with Gasteiger partial charge < -0.3 is 9.52 Å². The van der Waals surface area contributed by atoms with E-state index < -0.39 is 0 Å². The highest BCUT2D eigenvalue weighted by Gasteiger charge is 2.20. The van der Waals surface area contributed by atoms with Crippen molar-refractivity contribution in [1.29, 1.82) is 0 Å². The van der Waals surface area contributed by atoms with Gasteiger partial charge in [0.25, 0.3) is 0 Å². The fourth-order valence-electron chi connectivity index (χ4n) is 7.81. The van der Waals surface area contributed by atoms with Crippen LogP contribution in [0, 0.1) is 11.8 Å². The van der Waals surface area contributed by atoms with E-state index in [1.54, 1.807) is 6.07 Å². The van der Waals surface area contributed by atoms with Crippen molar-refractivity contribution in [3.05, 3.63) is 199 Å². The molecule has 8 heteroatoms. The van der Waals surface area contributed by atoms with E-state index in [1.807, 2.05) is 164 Å². The Hall–Kier alpha value is -8.80. The van der Waals surface area contributed by atoms with E-state index in [-0.39, 0.29) is 5.75 Å². The first-order valence-corrected chi connectivity index (χ1v) is 20.6. The number of rotatable bonds is 8. The van der Waals surface area contributed by atoms with Crippen LogP contribution in [-0.2, 0) is 0 Å². The summed E-state index contributed by atoms with van der Waals surface area (Å²) in [6, 6.07) is 57.3. The average molecular weight is 811 g/mol. The summed E-state index contributed by atoms with van der Waals surface area (Å²) in [6.07, 6.45) is 4.68. The van der Waals surface area contributed by atoms with Crippen LogP contribution in [0.2, 0.25) is 0 Å². The molecule has 11 rings (SSSR count). The minimum atomic E-state index is 0.100. The van der Waals surface area contributed by atoms with Crippen molar-refractivity contribution in [2.75, 3.05) is 0 Å². The molecule has 63 heavy (non-hydrogen) atoms. The zero-order valence-corrected chi connectivity index (χ0v) is 33.6. The molecular formula is C55H34N6O2. The minimum absolute atomic E-state index is 0.100. The van der Waals surface area contributed by atoms with Gasteiger partial charge in [0.1, 0.15) is 16.9 Å². The monoisotopic (exact) mass is 810 g/mol. The number of benzene rings is 7. The van der Waals surface area contributed by atoms with Gasteiger partial charge in [-0.1, -0.05) is 157 Å². The highest BCUT2D eigenvalue weighted by atomic mass is 16.3. The number of hydrogen-bond acceptors (Lipinski definition) is 8. The van der Waals surface area contributed by atoms with Crippen molar-refractivity contribution in [3.8, 4) is 85.9 Å². The quantitative estimate of drug-likeness (QED) is 0.151. The normalized spacial score (nSPS) is 12.3. The van der Waals surface area contributed by atoms with Crippen molar-refractivity contribution < 1.29 is 9.52 Å². The lowest BCUT2D eigenvalue weighted by Gasteiger charge is -2.13. The van der Waals surface area contributed by atoms with Crippen LogP contribution in [0.1, 0.15) is 17.5 Å². The molecule has 0 saturated carbocycles. The molecule has 0 unspecified atom stereocenters. The zero-order valence-electron chi connectivity index (χ0n) is 33.6. The SMILES string of the molecule is Oc1ccc(-c2nc(-c3ccccc3)nc(-c3ccccc3)n2)cc1C1=C(c2ccc3oc4cc(-c5nc(-c6ccccc6)nc(-c6ccccc6)n5)ccc4c3c2)C=CCC#C1. The maximum absolute atomic E-state index is 11.5. The van der Waals surface area contributed by atoms with Gasteiger partial charge in [0, 0.05) is 61.7 Å². The van der Waals surface area contributed by atoms with E-state index in [4.69, 9.17) is 34.3 Å². The molecule has 0 spiro atoms. The largest absolute Gasteiger partial charge is 0.507 e. The van der Waals surface area contributed by atoms with Gasteiger partial charge in [-0.25, -0.2) is 29.9 Å². The summed E-state index contributed by atoms with van der Waals surface area (Å²) in [5.41, 5.74) is 9.61. The maximum Gasteiger partial charge on any atom is 0.164 e. The number of fused-ring (bicyclic) bond motifs is 3.